The SMILES string of the molecule is CCC1CCN(c2cnccc2CNCC(C)C)C1. The van der Waals surface area contributed by atoms with Crippen molar-refractivity contribution in [2.75, 3.05) is 24.5 Å². The molecule has 3 heteroatoms. The van der Waals surface area contributed by atoms with Gasteiger partial charge < -0.3 is 10.2 Å². The molecule has 1 aromatic heterocycles. The molecule has 1 atom stereocenters. The maximum Gasteiger partial charge on any atom is 0.0598 e. The smallest absolute Gasteiger partial charge is 0.0598 e. The maximum absolute atomic E-state index is 4.31. The van der Waals surface area contributed by atoms with E-state index in [2.05, 4.69) is 42.0 Å². The van der Waals surface area contributed by atoms with Crippen LogP contribution in [0.3, 0.4) is 0 Å². The molecule has 0 aliphatic carbocycles. The summed E-state index contributed by atoms with van der Waals surface area (Å²) in [5.41, 5.74) is 2.71. The first-order valence-electron chi connectivity index (χ1n) is 7.59. The standard InChI is InChI=1S/C16H27N3/c1-4-14-6-8-19(12-14)16-11-17-7-5-15(16)10-18-9-13(2)3/h5,7,11,13-14,18H,4,6,8-10,12H2,1-3H3. The lowest BCUT2D eigenvalue weighted by Crippen LogP contribution is -2.24. The fourth-order valence-electron chi connectivity index (χ4n) is 2.73. The fourth-order valence-corrected chi connectivity index (χ4v) is 2.73. The zero-order valence-corrected chi connectivity index (χ0v) is 12.5. The van der Waals surface area contributed by atoms with Crippen LogP contribution in [0.1, 0.15) is 39.2 Å². The minimum Gasteiger partial charge on any atom is -0.370 e. The summed E-state index contributed by atoms with van der Waals surface area (Å²) in [6, 6.07) is 2.15. The second kappa shape index (κ2) is 6.90. The van der Waals surface area contributed by atoms with Crippen LogP contribution in [0.2, 0.25) is 0 Å². The molecule has 1 fully saturated rings. The number of rotatable bonds is 6. The van der Waals surface area contributed by atoms with E-state index in [1.54, 1.807) is 0 Å². The summed E-state index contributed by atoms with van der Waals surface area (Å²) >= 11 is 0. The lowest BCUT2D eigenvalue weighted by molar-refractivity contribution is 0.551. The van der Waals surface area contributed by atoms with Gasteiger partial charge in [-0.05, 0) is 36.4 Å². The average Bonchev–Trinajstić information content (AvgIpc) is 2.87. The molecule has 3 nitrogen and oxygen atoms in total. The molecule has 1 saturated heterocycles. The Morgan fingerprint density at radius 1 is 1.47 bits per heavy atom. The van der Waals surface area contributed by atoms with Crippen molar-refractivity contribution in [1.29, 1.82) is 0 Å². The van der Waals surface area contributed by atoms with Crippen molar-refractivity contribution in [3.8, 4) is 0 Å². The highest BCUT2D eigenvalue weighted by atomic mass is 15.2. The van der Waals surface area contributed by atoms with Crippen LogP contribution in [0.25, 0.3) is 0 Å². The zero-order chi connectivity index (χ0) is 13.7. The predicted octanol–water partition coefficient (Wildman–Crippen LogP) is 3.06. The molecule has 106 valence electrons. The highest BCUT2D eigenvalue weighted by molar-refractivity contribution is 5.52. The van der Waals surface area contributed by atoms with Crippen LogP contribution in [0.5, 0.6) is 0 Å². The second-order valence-corrected chi connectivity index (χ2v) is 6.04. The van der Waals surface area contributed by atoms with Gasteiger partial charge >= 0.3 is 0 Å². The van der Waals surface area contributed by atoms with Crippen LogP contribution in [0.15, 0.2) is 18.5 Å². The molecule has 1 N–H and O–H groups in total. The topological polar surface area (TPSA) is 28.2 Å². The quantitative estimate of drug-likeness (QED) is 0.853. The Kier molecular flexibility index (Phi) is 5.20. The molecule has 2 rings (SSSR count). The van der Waals surface area contributed by atoms with E-state index in [1.165, 1.54) is 37.2 Å². The summed E-state index contributed by atoms with van der Waals surface area (Å²) in [6.07, 6.45) is 6.55. The first-order valence-corrected chi connectivity index (χ1v) is 7.59. The van der Waals surface area contributed by atoms with Crippen molar-refractivity contribution in [3.05, 3.63) is 24.0 Å². The maximum atomic E-state index is 4.31. The van der Waals surface area contributed by atoms with Gasteiger partial charge in [-0.2, -0.15) is 0 Å². The van der Waals surface area contributed by atoms with Crippen molar-refractivity contribution < 1.29 is 0 Å². The predicted molar refractivity (Wildman–Crippen MR) is 81.4 cm³/mol. The number of nitrogens with one attached hydrogen (secondary N) is 1. The van der Waals surface area contributed by atoms with Crippen LogP contribution < -0.4 is 10.2 Å². The average molecular weight is 261 g/mol. The fraction of sp³-hybridized carbons (Fsp3) is 0.688. The van der Waals surface area contributed by atoms with Crippen LogP contribution in [-0.2, 0) is 6.54 Å². The molecule has 1 aliphatic heterocycles. The van der Waals surface area contributed by atoms with Gasteiger partial charge in [-0.3, -0.25) is 4.98 Å². The Bertz CT molecular complexity index is 389. The molecular formula is C16H27N3. The monoisotopic (exact) mass is 261 g/mol. The van der Waals surface area contributed by atoms with E-state index in [0.717, 1.165) is 19.0 Å². The second-order valence-electron chi connectivity index (χ2n) is 6.04. The van der Waals surface area contributed by atoms with E-state index >= 15 is 0 Å². The molecule has 1 aliphatic rings. The lowest BCUT2D eigenvalue weighted by atomic mass is 10.1. The van der Waals surface area contributed by atoms with Gasteiger partial charge in [0.1, 0.15) is 0 Å². The number of hydrogen-bond acceptors (Lipinski definition) is 3. The summed E-state index contributed by atoms with van der Waals surface area (Å²) in [5, 5.41) is 3.54. The third-order valence-electron chi connectivity index (χ3n) is 3.96. The summed E-state index contributed by atoms with van der Waals surface area (Å²) < 4.78 is 0. The highest BCUT2D eigenvalue weighted by Gasteiger charge is 2.22. The number of aromatic nitrogens is 1. The molecule has 19 heavy (non-hydrogen) atoms. The van der Waals surface area contributed by atoms with Crippen molar-refractivity contribution in [3.63, 3.8) is 0 Å². The third kappa shape index (κ3) is 3.93. The van der Waals surface area contributed by atoms with Crippen LogP contribution in [-0.4, -0.2) is 24.6 Å². The summed E-state index contributed by atoms with van der Waals surface area (Å²) in [6.45, 7) is 11.2. The summed E-state index contributed by atoms with van der Waals surface area (Å²) in [4.78, 5) is 6.82. The summed E-state index contributed by atoms with van der Waals surface area (Å²) in [5.74, 6) is 1.55. The molecule has 0 saturated carbocycles. The van der Waals surface area contributed by atoms with E-state index in [9.17, 15) is 0 Å². The minimum atomic E-state index is 0.696. The third-order valence-corrected chi connectivity index (χ3v) is 3.96. The van der Waals surface area contributed by atoms with E-state index in [-0.39, 0.29) is 0 Å². The highest BCUT2D eigenvalue weighted by Crippen LogP contribution is 2.27. The Morgan fingerprint density at radius 2 is 2.32 bits per heavy atom. The van der Waals surface area contributed by atoms with E-state index < -0.39 is 0 Å². The molecule has 0 amide bonds. The minimum absolute atomic E-state index is 0.696. The molecule has 1 aromatic rings. The largest absolute Gasteiger partial charge is 0.370 e. The van der Waals surface area contributed by atoms with Crippen LogP contribution in [0.4, 0.5) is 5.69 Å². The van der Waals surface area contributed by atoms with E-state index in [0.29, 0.717) is 5.92 Å². The van der Waals surface area contributed by atoms with Gasteiger partial charge in [0.15, 0.2) is 0 Å². The van der Waals surface area contributed by atoms with Gasteiger partial charge in [0.05, 0.1) is 11.9 Å². The Morgan fingerprint density at radius 3 is 3.00 bits per heavy atom. The molecule has 0 spiro atoms. The van der Waals surface area contributed by atoms with Gasteiger partial charge in [0.2, 0.25) is 0 Å². The van der Waals surface area contributed by atoms with Crippen molar-refractivity contribution in [2.45, 2.75) is 40.2 Å². The van der Waals surface area contributed by atoms with Gasteiger partial charge in [0.25, 0.3) is 0 Å². The van der Waals surface area contributed by atoms with Gasteiger partial charge in [-0.15, -0.1) is 0 Å². The Balaban J connectivity index is 2.00. The van der Waals surface area contributed by atoms with Crippen molar-refractivity contribution >= 4 is 5.69 Å². The van der Waals surface area contributed by atoms with E-state index in [4.69, 9.17) is 0 Å². The zero-order valence-electron chi connectivity index (χ0n) is 12.5. The normalized spacial score (nSPS) is 19.4. The van der Waals surface area contributed by atoms with Crippen molar-refractivity contribution in [1.82, 2.24) is 10.3 Å². The number of anilines is 1. The van der Waals surface area contributed by atoms with Crippen LogP contribution >= 0.6 is 0 Å². The molecular weight excluding hydrogens is 234 g/mol. The molecule has 0 bridgehead atoms. The first-order chi connectivity index (χ1) is 9.20. The van der Waals surface area contributed by atoms with Gasteiger partial charge in [0, 0.05) is 25.8 Å². The first kappa shape index (κ1) is 14.3. The van der Waals surface area contributed by atoms with Crippen LogP contribution in [0, 0.1) is 11.8 Å². The van der Waals surface area contributed by atoms with Gasteiger partial charge in [-0.25, -0.2) is 0 Å². The molecule has 0 aromatic carbocycles. The number of nitrogens with zero attached hydrogens (tertiary/aromatic N) is 2. The molecule has 0 radical (unpaired) electrons. The van der Waals surface area contributed by atoms with Gasteiger partial charge in [-0.1, -0.05) is 27.2 Å². The molecule has 1 unspecified atom stereocenters. The lowest BCUT2D eigenvalue weighted by Gasteiger charge is -2.22. The number of hydrogen-bond donors (Lipinski definition) is 1. The Hall–Kier alpha value is -1.09. The van der Waals surface area contributed by atoms with Crippen molar-refractivity contribution in [2.24, 2.45) is 11.8 Å². The summed E-state index contributed by atoms with van der Waals surface area (Å²) in [7, 11) is 0. The Labute approximate surface area is 117 Å². The number of pyridine rings is 1. The molecule has 2 heterocycles. The van der Waals surface area contributed by atoms with E-state index in [1.807, 2.05) is 12.4 Å².